The lowest BCUT2D eigenvalue weighted by molar-refractivity contribution is -0.139. The minimum atomic E-state index is -1.10. The molecule has 0 aromatic heterocycles. The van der Waals surface area contributed by atoms with Gasteiger partial charge >= 0.3 is 0 Å². The number of hydrogen-bond donors (Lipinski definition) is 1. The lowest BCUT2D eigenvalue weighted by atomic mass is 10.0. The predicted octanol–water partition coefficient (Wildman–Crippen LogP) is 5.60. The molecular formula is C33H28ClN3O5. The Labute approximate surface area is 248 Å². The van der Waals surface area contributed by atoms with Crippen molar-refractivity contribution in [2.24, 2.45) is 0 Å². The van der Waals surface area contributed by atoms with Gasteiger partial charge < -0.3 is 15.0 Å². The number of hydrogen-bond acceptors (Lipinski definition) is 5. The third-order valence-corrected chi connectivity index (χ3v) is 7.45. The van der Waals surface area contributed by atoms with Crippen LogP contribution in [0, 0.1) is 6.92 Å². The van der Waals surface area contributed by atoms with Crippen LogP contribution < -0.4 is 15.0 Å². The molecule has 0 unspecified atom stereocenters. The number of carbonyl (C=O) groups is 4. The molecule has 1 heterocycles. The summed E-state index contributed by atoms with van der Waals surface area (Å²) in [6.45, 7) is 1.57. The molecule has 8 nitrogen and oxygen atoms in total. The molecule has 5 rings (SSSR count). The van der Waals surface area contributed by atoms with E-state index >= 15 is 0 Å². The summed E-state index contributed by atoms with van der Waals surface area (Å²) < 4.78 is 5.22. The largest absolute Gasteiger partial charge is 0.497 e. The Morgan fingerprint density at radius 2 is 1.57 bits per heavy atom. The van der Waals surface area contributed by atoms with Crippen LogP contribution in [0.15, 0.2) is 97.1 Å². The molecule has 0 saturated carbocycles. The van der Waals surface area contributed by atoms with E-state index in [1.807, 2.05) is 31.2 Å². The van der Waals surface area contributed by atoms with Crippen molar-refractivity contribution in [1.29, 1.82) is 0 Å². The zero-order chi connectivity index (χ0) is 29.8. The molecule has 0 aliphatic carbocycles. The highest BCUT2D eigenvalue weighted by atomic mass is 35.5. The van der Waals surface area contributed by atoms with E-state index in [4.69, 9.17) is 16.3 Å². The number of nitrogens with one attached hydrogen (secondary N) is 1. The quantitative estimate of drug-likeness (QED) is 0.260. The van der Waals surface area contributed by atoms with Crippen molar-refractivity contribution in [2.45, 2.75) is 19.5 Å². The maximum absolute atomic E-state index is 14.2. The summed E-state index contributed by atoms with van der Waals surface area (Å²) in [7, 11) is 1.55. The molecule has 0 saturated heterocycles. The van der Waals surface area contributed by atoms with Gasteiger partial charge in [0.2, 0.25) is 5.91 Å². The first kappa shape index (κ1) is 28.6. The number of benzene rings is 4. The molecule has 1 atom stereocenters. The molecule has 4 aromatic carbocycles. The standard InChI is InChI=1S/C33H28ClN3O5/c1-21-7-3-4-8-23(21)19-37(29(38)20-36-28-10-6-5-9-27(28)31(39)33(36)41)30(22-11-13-24(34)14-12-22)32(40)35-25-15-17-26(42-2)18-16-25/h3-18,30H,19-20H2,1-2H3,(H,35,40)/t30-/m1/s1. The number of ether oxygens (including phenoxy) is 1. The molecule has 212 valence electrons. The van der Waals surface area contributed by atoms with Gasteiger partial charge in [-0.1, -0.05) is 60.1 Å². The molecule has 0 radical (unpaired) electrons. The monoisotopic (exact) mass is 581 g/mol. The van der Waals surface area contributed by atoms with Gasteiger partial charge in [0.25, 0.3) is 17.6 Å². The number of rotatable bonds is 9. The minimum absolute atomic E-state index is 0.0758. The summed E-state index contributed by atoms with van der Waals surface area (Å²) in [5.41, 5.74) is 3.40. The van der Waals surface area contributed by atoms with Crippen molar-refractivity contribution in [3.8, 4) is 5.75 Å². The number of nitrogens with zero attached hydrogens (tertiary/aromatic N) is 2. The van der Waals surface area contributed by atoms with E-state index in [2.05, 4.69) is 5.32 Å². The maximum Gasteiger partial charge on any atom is 0.299 e. The van der Waals surface area contributed by atoms with E-state index in [1.54, 1.807) is 79.9 Å². The van der Waals surface area contributed by atoms with E-state index < -0.39 is 36.1 Å². The minimum Gasteiger partial charge on any atom is -0.497 e. The first-order chi connectivity index (χ1) is 20.3. The van der Waals surface area contributed by atoms with Gasteiger partial charge in [0.15, 0.2) is 0 Å². The Balaban J connectivity index is 1.55. The van der Waals surface area contributed by atoms with Gasteiger partial charge in [0, 0.05) is 17.3 Å². The highest BCUT2D eigenvalue weighted by Gasteiger charge is 2.39. The number of ketones is 1. The van der Waals surface area contributed by atoms with Crippen molar-refractivity contribution < 1.29 is 23.9 Å². The fraction of sp³-hybridized carbons (Fsp3) is 0.152. The van der Waals surface area contributed by atoms with Crippen LogP contribution >= 0.6 is 11.6 Å². The average Bonchev–Trinajstić information content (AvgIpc) is 3.24. The zero-order valence-electron chi connectivity index (χ0n) is 23.0. The summed E-state index contributed by atoms with van der Waals surface area (Å²) in [6.07, 6.45) is 0. The van der Waals surface area contributed by atoms with Crippen LogP contribution in [-0.2, 0) is 20.9 Å². The number of carbonyl (C=O) groups excluding carboxylic acids is 4. The molecule has 0 spiro atoms. The second-order valence-electron chi connectivity index (χ2n) is 9.86. The number of halogens is 1. The van der Waals surface area contributed by atoms with Crippen molar-refractivity contribution in [3.05, 3.63) is 124 Å². The van der Waals surface area contributed by atoms with Crippen molar-refractivity contribution in [2.75, 3.05) is 23.9 Å². The van der Waals surface area contributed by atoms with Gasteiger partial charge in [-0.2, -0.15) is 0 Å². The van der Waals surface area contributed by atoms with E-state index in [0.717, 1.165) is 11.1 Å². The van der Waals surface area contributed by atoms with Crippen molar-refractivity contribution in [1.82, 2.24) is 4.90 Å². The SMILES string of the molecule is COc1ccc(NC(=O)[C@@H](c2ccc(Cl)cc2)N(Cc2ccccc2C)C(=O)CN2C(=O)C(=O)c3ccccc32)cc1. The molecule has 9 heteroatoms. The van der Waals surface area contributed by atoms with Crippen LogP contribution in [0.2, 0.25) is 5.02 Å². The Morgan fingerprint density at radius 1 is 0.905 bits per heavy atom. The number of Topliss-reactive ketones (excluding diaryl/α,β-unsaturated/α-hetero) is 1. The number of fused-ring (bicyclic) bond motifs is 1. The van der Waals surface area contributed by atoms with Crippen LogP contribution in [0.25, 0.3) is 0 Å². The third-order valence-electron chi connectivity index (χ3n) is 7.20. The van der Waals surface area contributed by atoms with Gasteiger partial charge in [0.1, 0.15) is 18.3 Å². The van der Waals surface area contributed by atoms with Crippen molar-refractivity contribution in [3.63, 3.8) is 0 Å². The number of aryl methyl sites for hydroxylation is 1. The van der Waals surface area contributed by atoms with Gasteiger partial charge in [-0.25, -0.2) is 0 Å². The topological polar surface area (TPSA) is 96.0 Å². The summed E-state index contributed by atoms with van der Waals surface area (Å²) in [4.78, 5) is 56.4. The molecule has 4 aromatic rings. The van der Waals surface area contributed by atoms with Crippen LogP contribution in [0.1, 0.15) is 33.1 Å². The van der Waals surface area contributed by atoms with Crippen LogP contribution in [0.3, 0.4) is 0 Å². The molecular weight excluding hydrogens is 554 g/mol. The van der Waals surface area contributed by atoms with E-state index in [0.29, 0.717) is 27.7 Å². The maximum atomic E-state index is 14.2. The van der Waals surface area contributed by atoms with Gasteiger partial charge in [-0.15, -0.1) is 0 Å². The number of para-hydroxylation sites is 1. The molecule has 1 N–H and O–H groups in total. The van der Waals surface area contributed by atoms with Crippen LogP contribution in [-0.4, -0.2) is 42.1 Å². The molecule has 42 heavy (non-hydrogen) atoms. The molecule has 3 amide bonds. The zero-order valence-corrected chi connectivity index (χ0v) is 23.8. The van der Waals surface area contributed by atoms with Gasteiger partial charge in [0.05, 0.1) is 18.4 Å². The van der Waals surface area contributed by atoms with Crippen molar-refractivity contribution >= 4 is 46.5 Å². The Morgan fingerprint density at radius 3 is 2.26 bits per heavy atom. The first-order valence-electron chi connectivity index (χ1n) is 13.3. The molecule has 1 aliphatic heterocycles. The smallest absolute Gasteiger partial charge is 0.299 e. The number of amides is 3. The summed E-state index contributed by atoms with van der Waals surface area (Å²) in [6, 6.07) is 26.6. The molecule has 0 fully saturated rings. The predicted molar refractivity (Wildman–Crippen MR) is 161 cm³/mol. The van der Waals surface area contributed by atoms with E-state index in [9.17, 15) is 19.2 Å². The second kappa shape index (κ2) is 12.3. The Kier molecular flexibility index (Phi) is 8.36. The highest BCUT2D eigenvalue weighted by Crippen LogP contribution is 2.31. The van der Waals surface area contributed by atoms with Gasteiger partial charge in [-0.05, 0) is 72.1 Å². The Hall–Kier alpha value is -4.95. The van der Waals surface area contributed by atoms with Gasteiger partial charge in [-0.3, -0.25) is 24.1 Å². The summed E-state index contributed by atoms with van der Waals surface area (Å²) >= 11 is 6.17. The lowest BCUT2D eigenvalue weighted by Gasteiger charge is -2.33. The average molecular weight is 582 g/mol. The number of methoxy groups -OCH3 is 1. The molecule has 0 bridgehead atoms. The van der Waals surface area contributed by atoms with E-state index in [-0.39, 0.29) is 12.1 Å². The highest BCUT2D eigenvalue weighted by molar-refractivity contribution is 6.52. The number of anilines is 2. The second-order valence-corrected chi connectivity index (χ2v) is 10.3. The van der Waals surface area contributed by atoms with Crippen LogP contribution in [0.5, 0.6) is 5.75 Å². The summed E-state index contributed by atoms with van der Waals surface area (Å²) in [5, 5.41) is 3.39. The fourth-order valence-corrected chi connectivity index (χ4v) is 5.05. The van der Waals surface area contributed by atoms with Crippen LogP contribution in [0.4, 0.5) is 11.4 Å². The normalized spacial score (nSPS) is 13.0. The Bertz CT molecular complexity index is 1650. The van der Waals surface area contributed by atoms with E-state index in [1.165, 1.54) is 9.80 Å². The fourth-order valence-electron chi connectivity index (χ4n) is 4.93. The lowest BCUT2D eigenvalue weighted by Crippen LogP contribution is -2.46. The molecule has 1 aliphatic rings. The first-order valence-corrected chi connectivity index (χ1v) is 13.6. The summed E-state index contributed by atoms with van der Waals surface area (Å²) in [5.74, 6) is -1.81. The third kappa shape index (κ3) is 5.89.